The Kier molecular flexibility index (Phi) is 6.65. The van der Waals surface area contributed by atoms with Gasteiger partial charge in [0, 0.05) is 25.7 Å². The minimum Gasteiger partial charge on any atom is -0.497 e. The number of hydrogen-bond acceptors (Lipinski definition) is 5. The Morgan fingerprint density at radius 2 is 1.90 bits per heavy atom. The average Bonchev–Trinajstić information content (AvgIpc) is 2.76. The predicted octanol–water partition coefficient (Wildman–Crippen LogP) is 3.46. The molecular weight excluding hydrogens is 368 g/mol. The van der Waals surface area contributed by atoms with Crippen LogP contribution in [0.2, 0.25) is 0 Å². The van der Waals surface area contributed by atoms with Crippen LogP contribution in [0.15, 0.2) is 48.5 Å². The van der Waals surface area contributed by atoms with Crippen LogP contribution in [-0.2, 0) is 4.79 Å². The molecule has 2 aromatic carbocycles. The van der Waals surface area contributed by atoms with Gasteiger partial charge in [-0.25, -0.2) is 0 Å². The SMILES string of the molecule is CCN1C[C@@H](CN(C)C(=O)/C=C/c2cc(OC)cc(OC)c2)Oc2ccccc21. The van der Waals surface area contributed by atoms with Crippen molar-refractivity contribution in [1.82, 2.24) is 4.90 Å². The first kappa shape index (κ1) is 20.6. The molecule has 1 atom stereocenters. The first-order chi connectivity index (χ1) is 14.0. The van der Waals surface area contributed by atoms with Gasteiger partial charge < -0.3 is 24.0 Å². The number of likely N-dealkylation sites (N-methyl/N-ethyl adjacent to an activating group) is 2. The van der Waals surface area contributed by atoms with Crippen molar-refractivity contribution in [2.24, 2.45) is 0 Å². The Balaban J connectivity index is 1.65. The molecule has 1 heterocycles. The van der Waals surface area contributed by atoms with Gasteiger partial charge in [0.1, 0.15) is 23.4 Å². The number of hydrogen-bond donors (Lipinski definition) is 0. The lowest BCUT2D eigenvalue weighted by molar-refractivity contribution is -0.125. The van der Waals surface area contributed by atoms with Crippen molar-refractivity contribution in [3.05, 3.63) is 54.1 Å². The largest absolute Gasteiger partial charge is 0.497 e. The van der Waals surface area contributed by atoms with Crippen LogP contribution in [0.5, 0.6) is 17.2 Å². The third-order valence-corrected chi connectivity index (χ3v) is 4.95. The van der Waals surface area contributed by atoms with E-state index in [0.29, 0.717) is 18.0 Å². The van der Waals surface area contributed by atoms with Gasteiger partial charge in [-0.15, -0.1) is 0 Å². The molecule has 2 aromatic rings. The summed E-state index contributed by atoms with van der Waals surface area (Å²) in [5, 5.41) is 0. The fourth-order valence-electron chi connectivity index (χ4n) is 3.39. The highest BCUT2D eigenvalue weighted by Gasteiger charge is 2.26. The van der Waals surface area contributed by atoms with E-state index in [4.69, 9.17) is 14.2 Å². The van der Waals surface area contributed by atoms with E-state index in [1.54, 1.807) is 44.4 Å². The normalized spacial score (nSPS) is 15.6. The van der Waals surface area contributed by atoms with Crippen molar-refractivity contribution in [3.8, 4) is 17.2 Å². The fraction of sp³-hybridized carbons (Fsp3) is 0.348. The Bertz CT molecular complexity index is 859. The summed E-state index contributed by atoms with van der Waals surface area (Å²) in [7, 11) is 4.99. The molecule has 6 heteroatoms. The minimum atomic E-state index is -0.0858. The Hall–Kier alpha value is -3.15. The third kappa shape index (κ3) is 5.02. The fourth-order valence-corrected chi connectivity index (χ4v) is 3.39. The summed E-state index contributed by atoms with van der Waals surface area (Å²) in [4.78, 5) is 16.6. The molecule has 0 N–H and O–H groups in total. The molecule has 1 aliphatic rings. The Morgan fingerprint density at radius 3 is 2.55 bits per heavy atom. The van der Waals surface area contributed by atoms with Crippen LogP contribution in [0.25, 0.3) is 6.08 Å². The van der Waals surface area contributed by atoms with Crippen molar-refractivity contribution < 1.29 is 19.0 Å². The molecular formula is C23H28N2O4. The smallest absolute Gasteiger partial charge is 0.246 e. The van der Waals surface area contributed by atoms with E-state index in [-0.39, 0.29) is 12.0 Å². The summed E-state index contributed by atoms with van der Waals surface area (Å²) >= 11 is 0. The lowest BCUT2D eigenvalue weighted by Crippen LogP contribution is -2.46. The lowest BCUT2D eigenvalue weighted by atomic mass is 10.1. The number of para-hydroxylation sites is 2. The van der Waals surface area contributed by atoms with Gasteiger partial charge in [0.05, 0.1) is 33.0 Å². The molecule has 0 unspecified atom stereocenters. The van der Waals surface area contributed by atoms with Crippen molar-refractivity contribution in [1.29, 1.82) is 0 Å². The van der Waals surface area contributed by atoms with Gasteiger partial charge in [0.15, 0.2) is 0 Å². The lowest BCUT2D eigenvalue weighted by Gasteiger charge is -2.37. The molecule has 0 saturated heterocycles. The molecule has 0 fully saturated rings. The average molecular weight is 396 g/mol. The summed E-state index contributed by atoms with van der Waals surface area (Å²) in [6, 6.07) is 13.5. The molecule has 1 amide bonds. The van der Waals surface area contributed by atoms with E-state index in [0.717, 1.165) is 30.1 Å². The molecule has 0 radical (unpaired) electrons. The maximum atomic E-state index is 12.6. The van der Waals surface area contributed by atoms with Crippen molar-refractivity contribution in [2.75, 3.05) is 45.8 Å². The Morgan fingerprint density at radius 1 is 1.21 bits per heavy atom. The first-order valence-electron chi connectivity index (χ1n) is 9.71. The summed E-state index contributed by atoms with van der Waals surface area (Å²) in [6.07, 6.45) is 3.24. The molecule has 0 spiro atoms. The molecule has 29 heavy (non-hydrogen) atoms. The zero-order valence-corrected chi connectivity index (χ0v) is 17.4. The van der Waals surface area contributed by atoms with Gasteiger partial charge >= 0.3 is 0 Å². The van der Waals surface area contributed by atoms with Crippen molar-refractivity contribution >= 4 is 17.7 Å². The number of amides is 1. The molecule has 1 aliphatic heterocycles. The monoisotopic (exact) mass is 396 g/mol. The zero-order chi connectivity index (χ0) is 20.8. The molecule has 0 bridgehead atoms. The topological polar surface area (TPSA) is 51.2 Å². The van der Waals surface area contributed by atoms with Crippen LogP contribution in [0.1, 0.15) is 12.5 Å². The number of methoxy groups -OCH3 is 2. The van der Waals surface area contributed by atoms with Gasteiger partial charge in [0.25, 0.3) is 0 Å². The molecule has 3 rings (SSSR count). The van der Waals surface area contributed by atoms with Gasteiger partial charge in [-0.1, -0.05) is 12.1 Å². The number of rotatable bonds is 7. The van der Waals surface area contributed by atoms with Crippen molar-refractivity contribution in [2.45, 2.75) is 13.0 Å². The highest BCUT2D eigenvalue weighted by Crippen LogP contribution is 2.32. The molecule has 0 saturated carbocycles. The minimum absolute atomic E-state index is 0.0795. The van der Waals surface area contributed by atoms with Crippen LogP contribution in [-0.4, -0.2) is 57.8 Å². The number of carbonyl (C=O) groups is 1. The second-order valence-corrected chi connectivity index (χ2v) is 6.94. The number of fused-ring (bicyclic) bond motifs is 1. The van der Waals surface area contributed by atoms with E-state index >= 15 is 0 Å². The second kappa shape index (κ2) is 9.37. The van der Waals surface area contributed by atoms with Gasteiger partial charge in [-0.3, -0.25) is 4.79 Å². The third-order valence-electron chi connectivity index (χ3n) is 4.95. The standard InChI is InChI=1S/C23H28N2O4/c1-5-25-16-20(29-22-9-7-6-8-21(22)25)15-24(2)23(26)11-10-17-12-18(27-3)14-19(13-17)28-4/h6-14,20H,5,15-16H2,1-4H3/b11-10+/t20-/m1/s1. The van der Waals surface area contributed by atoms with E-state index in [2.05, 4.69) is 17.9 Å². The summed E-state index contributed by atoms with van der Waals surface area (Å²) < 4.78 is 16.7. The van der Waals surface area contributed by atoms with E-state index in [1.807, 2.05) is 30.3 Å². The summed E-state index contributed by atoms with van der Waals surface area (Å²) in [6.45, 7) is 4.28. The Labute approximate surface area is 172 Å². The van der Waals surface area contributed by atoms with E-state index in [1.165, 1.54) is 0 Å². The summed E-state index contributed by atoms with van der Waals surface area (Å²) in [5.41, 5.74) is 1.94. The maximum absolute atomic E-state index is 12.6. The van der Waals surface area contributed by atoms with Crippen LogP contribution >= 0.6 is 0 Å². The highest BCUT2D eigenvalue weighted by atomic mass is 16.5. The van der Waals surface area contributed by atoms with Gasteiger partial charge in [-0.2, -0.15) is 0 Å². The van der Waals surface area contributed by atoms with Crippen LogP contribution in [0.3, 0.4) is 0 Å². The number of ether oxygens (including phenoxy) is 3. The van der Waals surface area contributed by atoms with Crippen LogP contribution in [0, 0.1) is 0 Å². The van der Waals surface area contributed by atoms with Crippen LogP contribution < -0.4 is 19.1 Å². The number of carbonyl (C=O) groups excluding carboxylic acids is 1. The number of anilines is 1. The predicted molar refractivity (Wildman–Crippen MR) is 115 cm³/mol. The zero-order valence-electron chi connectivity index (χ0n) is 17.4. The second-order valence-electron chi connectivity index (χ2n) is 6.94. The summed E-state index contributed by atoms with van der Waals surface area (Å²) in [5.74, 6) is 2.14. The molecule has 0 aromatic heterocycles. The first-order valence-corrected chi connectivity index (χ1v) is 9.71. The van der Waals surface area contributed by atoms with Crippen molar-refractivity contribution in [3.63, 3.8) is 0 Å². The van der Waals surface area contributed by atoms with Crippen LogP contribution in [0.4, 0.5) is 5.69 Å². The highest BCUT2D eigenvalue weighted by molar-refractivity contribution is 5.91. The van der Waals surface area contributed by atoms with Gasteiger partial charge in [-0.05, 0) is 42.8 Å². The molecule has 154 valence electrons. The maximum Gasteiger partial charge on any atom is 0.246 e. The van der Waals surface area contributed by atoms with E-state index < -0.39 is 0 Å². The number of benzene rings is 2. The molecule has 0 aliphatic carbocycles. The quantitative estimate of drug-likeness (QED) is 0.671. The van der Waals surface area contributed by atoms with Gasteiger partial charge in [0.2, 0.25) is 5.91 Å². The number of nitrogens with zero attached hydrogens (tertiary/aromatic N) is 2. The molecule has 6 nitrogen and oxygen atoms in total. The van der Waals surface area contributed by atoms with E-state index in [9.17, 15) is 4.79 Å².